The third kappa shape index (κ3) is 15.9. The average molecular weight is 1920 g/mol. The van der Waals surface area contributed by atoms with Gasteiger partial charge in [0, 0.05) is 98.5 Å². The summed E-state index contributed by atoms with van der Waals surface area (Å²) in [7, 11) is 0. The van der Waals surface area contributed by atoms with Crippen LogP contribution in [-0.4, -0.2) is 4.57 Å². The first kappa shape index (κ1) is 89.3. The number of para-hydroxylation sites is 6. The highest BCUT2D eigenvalue weighted by Crippen LogP contribution is 2.59. The van der Waals surface area contributed by atoms with Crippen molar-refractivity contribution in [2.75, 3.05) is 14.7 Å². The molecule has 27 aromatic rings. The minimum Gasteiger partial charge on any atom is -0.310 e. The van der Waals surface area contributed by atoms with Gasteiger partial charge in [0.1, 0.15) is 0 Å². The van der Waals surface area contributed by atoms with Crippen molar-refractivity contribution in [3.63, 3.8) is 0 Å². The van der Waals surface area contributed by atoms with E-state index in [9.17, 15) is 0 Å². The second-order valence-corrected chi connectivity index (χ2v) is 41.7. The molecule has 2 heterocycles. The van der Waals surface area contributed by atoms with Gasteiger partial charge in [-0.05, 0) is 335 Å². The molecule has 0 bridgehead atoms. The maximum atomic E-state index is 2.52. The van der Waals surface area contributed by atoms with Crippen LogP contribution in [0, 0.1) is 0 Å². The molecule has 704 valence electrons. The predicted octanol–water partition coefficient (Wildman–Crippen LogP) is 40.8. The van der Waals surface area contributed by atoms with Gasteiger partial charge >= 0.3 is 0 Å². The first-order chi connectivity index (χ1) is 73.4. The molecule has 2 aliphatic carbocycles. The molecule has 0 amide bonds. The standard InChI is InChI=1S/C56H38N2.C50H39N.C38H25NS/c1-4-14-39(15-5-1)40-28-31-47(32-29-40)57(54-23-13-12-22-50(54)41-16-6-2-7-17-41)48-33-35-56-53(38-48)52-37-45(30-34-55(52)58(56)46-19-8-3-9-20-46)44-27-26-43-25-24-42-18-10-11-21-49(42)51(43)36-44;1-49(2)45-28-35(34-22-21-33-20-19-32-13-11-12-18-39(32)42(33)27-34)23-25-40(45)43-30-48-44(31-47(43)49)41-26-24-38(29-46(41)50(48,3)4)51(36-14-7-5-8-15-36)37-16-9-6-10-17-37;1-3-10-30(11-4-1)39(31-12-5-2-6-13-31)32-20-22-35-34-21-19-29(24-37(34)40-38(35)25-32)28-18-17-27-16-15-26-9-7-8-14-33(26)36(27)23-28/h1-38H;5-31H,1-4H3;1-25H. The summed E-state index contributed by atoms with van der Waals surface area (Å²) in [4.78, 5) is 7.11. The van der Waals surface area contributed by atoms with E-state index in [0.29, 0.717) is 0 Å². The SMILES string of the molecule is CC1(C)c2cc(-c3ccc4ccc5ccccc5c4c3)ccc2-c2cc3c(cc21)-c1ccc(N(c2ccccc2)c2ccccc2)cc1C3(C)C.c1ccc(-c2ccc(N(c3ccc4c(c3)c3cc(-c5ccc6ccc7ccccc7c6c5)ccc3n4-c3ccccc3)c3ccccc3-c3ccccc3)cc2)cc1.c1ccc(N(c2ccccc2)c2ccc3c(c2)sc2cc(-c4ccc5ccc6ccccc6c5c4)ccc23)cc1. The Hall–Kier alpha value is -18.5. The molecular formula is C144H102N4S. The van der Waals surface area contributed by atoms with Gasteiger partial charge in [-0.1, -0.05) is 398 Å². The molecule has 4 nitrogen and oxygen atoms in total. The van der Waals surface area contributed by atoms with E-state index in [4.69, 9.17) is 0 Å². The molecule has 149 heavy (non-hydrogen) atoms. The van der Waals surface area contributed by atoms with Gasteiger partial charge in [-0.25, -0.2) is 0 Å². The molecule has 29 rings (SSSR count). The zero-order chi connectivity index (χ0) is 99.4. The molecule has 0 aliphatic heterocycles. The molecule has 0 atom stereocenters. The van der Waals surface area contributed by atoms with Crippen molar-refractivity contribution in [1.29, 1.82) is 0 Å². The fraction of sp³-hybridized carbons (Fsp3) is 0.0417. The Morgan fingerprint density at radius 2 is 0.470 bits per heavy atom. The van der Waals surface area contributed by atoms with Crippen LogP contribution >= 0.6 is 11.3 Å². The van der Waals surface area contributed by atoms with Gasteiger partial charge in [-0.2, -0.15) is 0 Å². The van der Waals surface area contributed by atoms with Crippen molar-refractivity contribution < 1.29 is 0 Å². The van der Waals surface area contributed by atoms with Crippen LogP contribution < -0.4 is 14.7 Å². The van der Waals surface area contributed by atoms with E-state index in [2.05, 4.69) is 593 Å². The second-order valence-electron chi connectivity index (χ2n) is 40.6. The highest BCUT2D eigenvalue weighted by Gasteiger charge is 2.43. The number of thiophene rings is 1. The maximum absolute atomic E-state index is 2.52. The fourth-order valence-electron chi connectivity index (χ4n) is 23.7. The molecule has 0 saturated heterocycles. The second kappa shape index (κ2) is 37.0. The molecule has 2 aromatic heterocycles. The van der Waals surface area contributed by atoms with Crippen molar-refractivity contribution >= 4 is 169 Å². The average Bonchev–Trinajstić information content (AvgIpc) is 1.54. The van der Waals surface area contributed by atoms with Crippen LogP contribution in [0.15, 0.2) is 546 Å². The van der Waals surface area contributed by atoms with Crippen molar-refractivity contribution in [2.24, 2.45) is 0 Å². The molecule has 0 fully saturated rings. The third-order valence-corrected chi connectivity index (χ3v) is 32.3. The number of rotatable bonds is 15. The minimum atomic E-state index is -0.143. The lowest BCUT2D eigenvalue weighted by molar-refractivity contribution is 0.652. The van der Waals surface area contributed by atoms with Gasteiger partial charge in [0.2, 0.25) is 0 Å². The van der Waals surface area contributed by atoms with Gasteiger partial charge < -0.3 is 19.3 Å². The highest BCUT2D eigenvalue weighted by atomic mass is 32.1. The van der Waals surface area contributed by atoms with Gasteiger partial charge in [0.15, 0.2) is 0 Å². The normalized spacial score (nSPS) is 12.5. The summed E-state index contributed by atoms with van der Waals surface area (Å²) in [6.07, 6.45) is 0. The molecule has 0 unspecified atom stereocenters. The quantitative estimate of drug-likeness (QED) is 0.0951. The summed E-state index contributed by atoms with van der Waals surface area (Å²) in [6.45, 7) is 9.61. The first-order valence-electron chi connectivity index (χ1n) is 51.6. The Balaban J connectivity index is 0.000000112. The number of anilines is 9. The summed E-state index contributed by atoms with van der Waals surface area (Å²) >= 11 is 1.87. The fourth-order valence-corrected chi connectivity index (χ4v) is 24.9. The number of aromatic nitrogens is 1. The Morgan fingerprint density at radius 1 is 0.168 bits per heavy atom. The van der Waals surface area contributed by atoms with Crippen LogP contribution in [0.3, 0.4) is 0 Å². The lowest BCUT2D eigenvalue weighted by atomic mass is 9.79. The Kier molecular flexibility index (Phi) is 22.2. The van der Waals surface area contributed by atoms with Crippen LogP contribution in [0.4, 0.5) is 51.2 Å². The largest absolute Gasteiger partial charge is 0.310 e. The van der Waals surface area contributed by atoms with Crippen LogP contribution in [0.25, 0.3) is 190 Å². The monoisotopic (exact) mass is 1920 g/mol. The Bertz CT molecular complexity index is 9810. The van der Waals surface area contributed by atoms with Gasteiger partial charge in [-0.15, -0.1) is 11.3 Å². The van der Waals surface area contributed by atoms with Crippen molar-refractivity contribution in [3.8, 4) is 83.6 Å². The van der Waals surface area contributed by atoms with Crippen molar-refractivity contribution in [2.45, 2.75) is 38.5 Å². The van der Waals surface area contributed by atoms with E-state index < -0.39 is 0 Å². The molecule has 0 radical (unpaired) electrons. The summed E-state index contributed by atoms with van der Waals surface area (Å²) in [5.41, 5.74) is 36.8. The van der Waals surface area contributed by atoms with Crippen LogP contribution in [0.5, 0.6) is 0 Å². The zero-order valence-corrected chi connectivity index (χ0v) is 84.0. The summed E-state index contributed by atoms with van der Waals surface area (Å²) < 4.78 is 5.02. The van der Waals surface area contributed by atoms with Crippen molar-refractivity contribution in [1.82, 2.24) is 4.57 Å². The van der Waals surface area contributed by atoms with E-state index in [0.717, 1.165) is 51.2 Å². The highest BCUT2D eigenvalue weighted by molar-refractivity contribution is 7.25. The predicted molar refractivity (Wildman–Crippen MR) is 638 cm³/mol. The van der Waals surface area contributed by atoms with E-state index >= 15 is 0 Å². The van der Waals surface area contributed by atoms with E-state index in [1.807, 2.05) is 11.3 Å². The van der Waals surface area contributed by atoms with E-state index in [1.54, 1.807) is 0 Å². The summed E-state index contributed by atoms with van der Waals surface area (Å²) in [5, 5.41) is 20.4. The number of benzene rings is 25. The summed E-state index contributed by atoms with van der Waals surface area (Å²) in [5.74, 6) is 0. The van der Waals surface area contributed by atoms with Gasteiger partial charge in [0.05, 0.1) is 16.7 Å². The van der Waals surface area contributed by atoms with Crippen LogP contribution in [-0.2, 0) is 10.8 Å². The van der Waals surface area contributed by atoms with Gasteiger partial charge in [-0.3, -0.25) is 0 Å². The Labute approximate surface area is 872 Å². The van der Waals surface area contributed by atoms with E-state index in [-0.39, 0.29) is 10.8 Å². The Morgan fingerprint density at radius 3 is 0.973 bits per heavy atom. The molecule has 0 spiro atoms. The van der Waals surface area contributed by atoms with E-state index in [1.165, 1.54) is 212 Å². The van der Waals surface area contributed by atoms with Gasteiger partial charge in [0.25, 0.3) is 0 Å². The molecule has 5 heteroatoms. The molecule has 0 N–H and O–H groups in total. The first-order valence-corrected chi connectivity index (χ1v) is 52.4. The van der Waals surface area contributed by atoms with Crippen LogP contribution in [0.1, 0.15) is 49.9 Å². The topological polar surface area (TPSA) is 14.7 Å². The molecule has 2 aliphatic rings. The number of nitrogens with zero attached hydrogens (tertiary/aromatic N) is 4. The lowest BCUT2D eigenvalue weighted by Crippen LogP contribution is -2.17. The number of fused-ring (bicyclic) bond motifs is 21. The zero-order valence-electron chi connectivity index (χ0n) is 83.2. The molecule has 25 aromatic carbocycles. The maximum Gasteiger partial charge on any atom is 0.0542 e. The summed E-state index contributed by atoms with van der Waals surface area (Å²) in [6, 6.07) is 199. The van der Waals surface area contributed by atoms with Crippen LogP contribution in [0.2, 0.25) is 0 Å². The molecule has 0 saturated carbocycles. The molecular weight excluding hydrogens is 1820 g/mol. The minimum absolute atomic E-state index is 0.122. The lowest BCUT2D eigenvalue weighted by Gasteiger charge is -2.28. The smallest absolute Gasteiger partial charge is 0.0542 e. The number of hydrogen-bond donors (Lipinski definition) is 0. The number of hydrogen-bond acceptors (Lipinski definition) is 4. The van der Waals surface area contributed by atoms with Crippen molar-refractivity contribution in [3.05, 3.63) is 568 Å². The third-order valence-electron chi connectivity index (χ3n) is 31.2.